The zero-order valence-corrected chi connectivity index (χ0v) is 18.4. The van der Waals surface area contributed by atoms with Gasteiger partial charge in [0.05, 0.1) is 16.4 Å². The summed E-state index contributed by atoms with van der Waals surface area (Å²) >= 11 is 13.3. The summed E-state index contributed by atoms with van der Waals surface area (Å²) in [6.45, 7) is 4.64. The van der Waals surface area contributed by atoms with Crippen LogP contribution in [0.2, 0.25) is 10.0 Å². The minimum Gasteiger partial charge on any atom is -0.325 e. The third-order valence-electron chi connectivity index (χ3n) is 4.12. The van der Waals surface area contributed by atoms with E-state index in [9.17, 15) is 9.59 Å². The number of halogens is 2. The van der Waals surface area contributed by atoms with E-state index in [4.69, 9.17) is 23.2 Å². The monoisotopic (exact) mass is 449 g/mol. The molecular formula is C21H21Cl2N3O2S. The molecule has 1 heterocycles. The number of nitrogens with zero attached hydrogens (tertiary/aromatic N) is 2. The normalized spacial score (nSPS) is 18.0. The van der Waals surface area contributed by atoms with Crippen molar-refractivity contribution in [2.75, 3.05) is 11.9 Å². The highest BCUT2D eigenvalue weighted by molar-refractivity contribution is 8.15. The highest BCUT2D eigenvalue weighted by Gasteiger charge is 2.39. The minimum atomic E-state index is -0.526. The van der Waals surface area contributed by atoms with Crippen LogP contribution < -0.4 is 5.32 Å². The Balaban J connectivity index is 1.74. The number of carbonyl (C=O) groups excluding carboxylic acids is 2. The SMILES string of the molecule is CC(C)CN1C(=O)[C@@H](CC(=O)Nc2ccc(Cl)cc2Cl)SC1=Nc1ccccc1. The maximum Gasteiger partial charge on any atom is 0.242 e. The van der Waals surface area contributed by atoms with Gasteiger partial charge in [0, 0.05) is 18.0 Å². The summed E-state index contributed by atoms with van der Waals surface area (Å²) in [6.07, 6.45) is 0.0326. The van der Waals surface area contributed by atoms with Crippen molar-refractivity contribution in [3.63, 3.8) is 0 Å². The molecule has 3 rings (SSSR count). The number of carbonyl (C=O) groups is 2. The molecule has 1 N–H and O–H groups in total. The lowest BCUT2D eigenvalue weighted by Gasteiger charge is -2.18. The molecule has 1 atom stereocenters. The Morgan fingerprint density at radius 3 is 2.59 bits per heavy atom. The second kappa shape index (κ2) is 9.65. The van der Waals surface area contributed by atoms with Crippen molar-refractivity contribution in [2.24, 2.45) is 10.9 Å². The summed E-state index contributed by atoms with van der Waals surface area (Å²) in [7, 11) is 0. The molecule has 1 aliphatic heterocycles. The first-order chi connectivity index (χ1) is 13.8. The second-order valence-corrected chi connectivity index (χ2v) is 9.07. The fraction of sp³-hybridized carbons (Fsp3) is 0.286. The van der Waals surface area contributed by atoms with Crippen molar-refractivity contribution in [1.29, 1.82) is 0 Å². The molecule has 0 aromatic heterocycles. The minimum absolute atomic E-state index is 0.0326. The zero-order chi connectivity index (χ0) is 21.0. The third kappa shape index (κ3) is 5.75. The van der Waals surface area contributed by atoms with Gasteiger partial charge in [0.2, 0.25) is 11.8 Å². The summed E-state index contributed by atoms with van der Waals surface area (Å²) in [6, 6.07) is 14.3. The maximum absolute atomic E-state index is 12.9. The summed E-state index contributed by atoms with van der Waals surface area (Å²) < 4.78 is 0. The molecule has 5 nitrogen and oxygen atoms in total. The number of hydrogen-bond donors (Lipinski definition) is 1. The summed E-state index contributed by atoms with van der Waals surface area (Å²) in [5, 5.41) is 3.69. The number of nitrogens with one attached hydrogen (secondary N) is 1. The van der Waals surface area contributed by atoms with Crippen LogP contribution in [0, 0.1) is 5.92 Å². The van der Waals surface area contributed by atoms with Gasteiger partial charge in [0.1, 0.15) is 5.25 Å². The van der Waals surface area contributed by atoms with Gasteiger partial charge < -0.3 is 5.32 Å². The van der Waals surface area contributed by atoms with E-state index >= 15 is 0 Å². The van der Waals surface area contributed by atoms with Crippen molar-refractivity contribution >= 4 is 63.3 Å². The molecule has 29 heavy (non-hydrogen) atoms. The Kier molecular flexibility index (Phi) is 7.22. The Labute approximate surface area is 184 Å². The summed E-state index contributed by atoms with van der Waals surface area (Å²) in [5.41, 5.74) is 1.24. The second-order valence-electron chi connectivity index (χ2n) is 7.06. The lowest BCUT2D eigenvalue weighted by Crippen LogP contribution is -2.36. The third-order valence-corrected chi connectivity index (χ3v) is 5.85. The topological polar surface area (TPSA) is 61.8 Å². The number of para-hydroxylation sites is 1. The molecule has 0 saturated carbocycles. The fourth-order valence-corrected chi connectivity index (χ4v) is 4.45. The number of anilines is 1. The van der Waals surface area contributed by atoms with E-state index in [-0.39, 0.29) is 24.2 Å². The van der Waals surface area contributed by atoms with E-state index < -0.39 is 5.25 Å². The Bertz CT molecular complexity index is 935. The van der Waals surface area contributed by atoms with E-state index in [0.29, 0.717) is 27.4 Å². The van der Waals surface area contributed by atoms with Gasteiger partial charge in [-0.1, -0.05) is 67.0 Å². The average molecular weight is 450 g/mol. The number of amides is 2. The van der Waals surface area contributed by atoms with Crippen molar-refractivity contribution < 1.29 is 9.59 Å². The van der Waals surface area contributed by atoms with Crippen molar-refractivity contribution in [1.82, 2.24) is 4.90 Å². The molecule has 0 aliphatic carbocycles. The molecular weight excluding hydrogens is 429 g/mol. The fourth-order valence-electron chi connectivity index (χ4n) is 2.83. The first-order valence-electron chi connectivity index (χ1n) is 9.20. The molecule has 1 fully saturated rings. The predicted molar refractivity (Wildman–Crippen MR) is 121 cm³/mol. The van der Waals surface area contributed by atoms with Gasteiger partial charge in [0.25, 0.3) is 0 Å². The van der Waals surface area contributed by atoms with E-state index in [1.54, 1.807) is 23.1 Å². The number of hydrogen-bond acceptors (Lipinski definition) is 4. The molecule has 0 bridgehead atoms. The van der Waals surface area contributed by atoms with Crippen LogP contribution in [0.25, 0.3) is 0 Å². The van der Waals surface area contributed by atoms with Crippen LogP contribution in [0.5, 0.6) is 0 Å². The van der Waals surface area contributed by atoms with Gasteiger partial charge in [-0.25, -0.2) is 4.99 Å². The van der Waals surface area contributed by atoms with Crippen molar-refractivity contribution in [3.8, 4) is 0 Å². The number of amidine groups is 1. The Hall–Kier alpha value is -2.02. The van der Waals surface area contributed by atoms with Gasteiger partial charge in [-0.2, -0.15) is 0 Å². The van der Waals surface area contributed by atoms with Crippen LogP contribution >= 0.6 is 35.0 Å². The number of aliphatic imine (C=N–C) groups is 1. The largest absolute Gasteiger partial charge is 0.325 e. The lowest BCUT2D eigenvalue weighted by atomic mass is 10.2. The Morgan fingerprint density at radius 1 is 1.21 bits per heavy atom. The van der Waals surface area contributed by atoms with E-state index in [1.165, 1.54) is 11.8 Å². The molecule has 2 aromatic carbocycles. The van der Waals surface area contributed by atoms with Crippen LogP contribution in [0.1, 0.15) is 20.3 Å². The first-order valence-corrected chi connectivity index (χ1v) is 10.8. The number of rotatable bonds is 6. The highest BCUT2D eigenvalue weighted by atomic mass is 35.5. The Morgan fingerprint density at radius 2 is 1.93 bits per heavy atom. The number of thioether (sulfide) groups is 1. The summed E-state index contributed by atoms with van der Waals surface area (Å²) in [4.78, 5) is 31.8. The van der Waals surface area contributed by atoms with Gasteiger partial charge in [-0.05, 0) is 36.2 Å². The zero-order valence-electron chi connectivity index (χ0n) is 16.1. The van der Waals surface area contributed by atoms with Crippen LogP contribution in [-0.4, -0.2) is 33.7 Å². The van der Waals surface area contributed by atoms with Gasteiger partial charge in [-0.15, -0.1) is 0 Å². The molecule has 1 saturated heterocycles. The van der Waals surface area contributed by atoms with E-state index in [1.807, 2.05) is 44.2 Å². The molecule has 2 amide bonds. The quantitative estimate of drug-likeness (QED) is 0.622. The van der Waals surface area contributed by atoms with Crippen molar-refractivity contribution in [3.05, 3.63) is 58.6 Å². The molecule has 0 spiro atoms. The predicted octanol–water partition coefficient (Wildman–Crippen LogP) is 5.61. The van der Waals surface area contributed by atoms with Crippen LogP contribution in [0.4, 0.5) is 11.4 Å². The smallest absolute Gasteiger partial charge is 0.242 e. The van der Waals surface area contributed by atoms with Gasteiger partial charge >= 0.3 is 0 Å². The standard InChI is InChI=1S/C21H21Cl2N3O2S/c1-13(2)12-26-20(28)18(29-21(26)24-15-6-4-3-5-7-15)11-19(27)25-17-9-8-14(22)10-16(17)23/h3-10,13,18H,11-12H2,1-2H3,(H,25,27)/t18-/m1/s1. The van der Waals surface area contributed by atoms with Crippen LogP contribution in [0.3, 0.4) is 0 Å². The first kappa shape index (κ1) is 21.7. The molecule has 0 radical (unpaired) electrons. The number of benzene rings is 2. The van der Waals surface area contributed by atoms with Gasteiger partial charge in [-0.3, -0.25) is 14.5 Å². The molecule has 2 aromatic rings. The molecule has 8 heteroatoms. The maximum atomic E-state index is 12.9. The van der Waals surface area contributed by atoms with Crippen LogP contribution in [0.15, 0.2) is 53.5 Å². The average Bonchev–Trinajstić information content (AvgIpc) is 2.93. The molecule has 0 unspecified atom stereocenters. The highest BCUT2D eigenvalue weighted by Crippen LogP contribution is 2.33. The molecule has 1 aliphatic rings. The molecule has 152 valence electrons. The van der Waals surface area contributed by atoms with Gasteiger partial charge in [0.15, 0.2) is 5.17 Å². The summed E-state index contributed by atoms with van der Waals surface area (Å²) in [5.74, 6) is -0.109. The van der Waals surface area contributed by atoms with Crippen LogP contribution in [-0.2, 0) is 9.59 Å². The lowest BCUT2D eigenvalue weighted by molar-refractivity contribution is -0.128. The van der Waals surface area contributed by atoms with E-state index in [0.717, 1.165) is 5.69 Å². The van der Waals surface area contributed by atoms with E-state index in [2.05, 4.69) is 10.3 Å². The van der Waals surface area contributed by atoms with Crippen molar-refractivity contribution in [2.45, 2.75) is 25.5 Å².